The number of hydrogen-bond donors (Lipinski definition) is 3. The normalized spacial score (nSPS) is 19.6. The molecule has 0 spiro atoms. The van der Waals surface area contributed by atoms with Crippen LogP contribution in [0.3, 0.4) is 0 Å². The van der Waals surface area contributed by atoms with Gasteiger partial charge >= 0.3 is 5.97 Å². The summed E-state index contributed by atoms with van der Waals surface area (Å²) in [5, 5.41) is 17.5. The molecule has 0 aliphatic heterocycles. The molecule has 2 unspecified atom stereocenters. The lowest BCUT2D eigenvalue weighted by Crippen LogP contribution is -2.54. The first-order chi connectivity index (χ1) is 4.42. The number of aliphatic hydroxyl groups is 1. The van der Waals surface area contributed by atoms with Gasteiger partial charge in [0.25, 0.3) is 0 Å². The molecule has 0 heterocycles. The van der Waals surface area contributed by atoms with Crippen molar-refractivity contribution in [2.75, 3.05) is 0 Å². The Kier molecular flexibility index (Phi) is 2.80. The van der Waals surface area contributed by atoms with Gasteiger partial charge in [-0.05, 0) is 13.3 Å². The third-order valence-electron chi connectivity index (χ3n) is 1.54. The lowest BCUT2D eigenvalue weighted by atomic mass is 9.95. The summed E-state index contributed by atoms with van der Waals surface area (Å²) in [6.07, 6.45) is -0.635. The highest BCUT2D eigenvalue weighted by Crippen LogP contribution is 2.09. The van der Waals surface area contributed by atoms with Crippen LogP contribution in [-0.4, -0.2) is 27.8 Å². The van der Waals surface area contributed by atoms with Crippen LogP contribution in [-0.2, 0) is 4.79 Å². The van der Waals surface area contributed by atoms with Crippen molar-refractivity contribution in [1.29, 1.82) is 0 Å². The second-order valence-corrected chi connectivity index (χ2v) is 2.51. The standard InChI is InChI=1S/C6H13NO3/c1-3-4(8)6(2,7)5(9)10/h4,8H,3,7H2,1-2H3,(H,9,10). The van der Waals surface area contributed by atoms with E-state index in [9.17, 15) is 4.79 Å². The average Bonchev–Trinajstić information content (AvgIpc) is 1.86. The molecular weight excluding hydrogens is 134 g/mol. The molecule has 10 heavy (non-hydrogen) atoms. The first-order valence-corrected chi connectivity index (χ1v) is 3.13. The van der Waals surface area contributed by atoms with Gasteiger partial charge in [-0.25, -0.2) is 0 Å². The molecule has 4 nitrogen and oxygen atoms in total. The summed E-state index contributed by atoms with van der Waals surface area (Å²) < 4.78 is 0. The minimum atomic E-state index is -1.52. The maximum Gasteiger partial charge on any atom is 0.326 e. The zero-order chi connectivity index (χ0) is 8.36. The Morgan fingerprint density at radius 1 is 1.80 bits per heavy atom. The first-order valence-electron chi connectivity index (χ1n) is 3.13. The van der Waals surface area contributed by atoms with Crippen LogP contribution >= 0.6 is 0 Å². The number of aliphatic carboxylic acids is 1. The van der Waals surface area contributed by atoms with Crippen molar-refractivity contribution in [1.82, 2.24) is 0 Å². The van der Waals surface area contributed by atoms with Crippen LogP contribution in [0.25, 0.3) is 0 Å². The molecule has 0 bridgehead atoms. The van der Waals surface area contributed by atoms with Crippen molar-refractivity contribution in [2.45, 2.75) is 31.9 Å². The highest BCUT2D eigenvalue weighted by molar-refractivity contribution is 5.78. The Morgan fingerprint density at radius 2 is 2.20 bits per heavy atom. The van der Waals surface area contributed by atoms with E-state index in [2.05, 4.69) is 0 Å². The van der Waals surface area contributed by atoms with Gasteiger partial charge in [0.05, 0.1) is 6.10 Å². The first kappa shape index (κ1) is 9.39. The largest absolute Gasteiger partial charge is 0.480 e. The quantitative estimate of drug-likeness (QED) is 0.505. The maximum atomic E-state index is 10.3. The lowest BCUT2D eigenvalue weighted by Gasteiger charge is -2.24. The van der Waals surface area contributed by atoms with E-state index in [1.165, 1.54) is 6.92 Å². The fourth-order valence-electron chi connectivity index (χ4n) is 0.567. The average molecular weight is 147 g/mol. The van der Waals surface area contributed by atoms with Crippen LogP contribution in [0.1, 0.15) is 20.3 Å². The molecule has 0 radical (unpaired) electrons. The molecule has 0 aliphatic carbocycles. The van der Waals surface area contributed by atoms with E-state index < -0.39 is 17.6 Å². The van der Waals surface area contributed by atoms with Gasteiger partial charge in [-0.2, -0.15) is 0 Å². The molecule has 0 aliphatic rings. The number of carboxylic acid groups (broad SMARTS) is 1. The van der Waals surface area contributed by atoms with Gasteiger partial charge in [0.15, 0.2) is 0 Å². The molecule has 0 saturated carbocycles. The van der Waals surface area contributed by atoms with Gasteiger partial charge in [0.1, 0.15) is 5.54 Å². The summed E-state index contributed by atoms with van der Waals surface area (Å²) in [6, 6.07) is 0. The van der Waals surface area contributed by atoms with Crippen molar-refractivity contribution in [3.63, 3.8) is 0 Å². The molecule has 0 amide bonds. The van der Waals surface area contributed by atoms with E-state index >= 15 is 0 Å². The van der Waals surface area contributed by atoms with Crippen LogP contribution in [0.2, 0.25) is 0 Å². The number of rotatable bonds is 3. The van der Waals surface area contributed by atoms with Crippen molar-refractivity contribution < 1.29 is 15.0 Å². The van der Waals surface area contributed by atoms with Gasteiger partial charge < -0.3 is 15.9 Å². The molecule has 0 aromatic carbocycles. The second-order valence-electron chi connectivity index (χ2n) is 2.51. The Morgan fingerprint density at radius 3 is 2.30 bits per heavy atom. The molecule has 0 rings (SSSR count). The predicted molar refractivity (Wildman–Crippen MR) is 36.5 cm³/mol. The van der Waals surface area contributed by atoms with Crippen LogP contribution in [0.15, 0.2) is 0 Å². The molecule has 4 heteroatoms. The summed E-state index contributed by atoms with van der Waals surface area (Å²) in [5.41, 5.74) is 3.74. The molecule has 0 fully saturated rings. The van der Waals surface area contributed by atoms with E-state index in [0.29, 0.717) is 6.42 Å². The topological polar surface area (TPSA) is 83.5 Å². The molecule has 0 aromatic rings. The highest BCUT2D eigenvalue weighted by Gasteiger charge is 2.35. The summed E-state index contributed by atoms with van der Waals surface area (Å²) >= 11 is 0. The van der Waals surface area contributed by atoms with Crippen molar-refractivity contribution in [3.05, 3.63) is 0 Å². The summed E-state index contributed by atoms with van der Waals surface area (Å²) in [5.74, 6) is -1.18. The molecular formula is C6H13NO3. The zero-order valence-corrected chi connectivity index (χ0v) is 6.16. The van der Waals surface area contributed by atoms with Crippen LogP contribution in [0.5, 0.6) is 0 Å². The summed E-state index contributed by atoms with van der Waals surface area (Å²) in [7, 11) is 0. The van der Waals surface area contributed by atoms with Crippen molar-refractivity contribution in [2.24, 2.45) is 5.73 Å². The fraction of sp³-hybridized carbons (Fsp3) is 0.833. The Labute approximate surface area is 59.7 Å². The smallest absolute Gasteiger partial charge is 0.326 e. The Hall–Kier alpha value is -0.610. The second kappa shape index (κ2) is 2.98. The van der Waals surface area contributed by atoms with E-state index in [0.717, 1.165) is 0 Å². The van der Waals surface area contributed by atoms with Crippen LogP contribution in [0, 0.1) is 0 Å². The summed E-state index contributed by atoms with van der Waals surface area (Å²) in [6.45, 7) is 2.97. The lowest BCUT2D eigenvalue weighted by molar-refractivity contribution is -0.147. The van der Waals surface area contributed by atoms with Gasteiger partial charge in [-0.3, -0.25) is 4.79 Å². The minimum absolute atomic E-state index is 0.347. The molecule has 60 valence electrons. The highest BCUT2D eigenvalue weighted by atomic mass is 16.4. The third kappa shape index (κ3) is 1.68. The van der Waals surface area contributed by atoms with Gasteiger partial charge in [-0.1, -0.05) is 6.92 Å². The number of carboxylic acids is 1. The van der Waals surface area contributed by atoms with Crippen LogP contribution < -0.4 is 5.73 Å². The maximum absolute atomic E-state index is 10.3. The zero-order valence-electron chi connectivity index (χ0n) is 6.16. The Bertz CT molecular complexity index is 133. The van der Waals surface area contributed by atoms with E-state index in [1.807, 2.05) is 0 Å². The monoisotopic (exact) mass is 147 g/mol. The summed E-state index contributed by atoms with van der Waals surface area (Å²) in [4.78, 5) is 10.3. The van der Waals surface area contributed by atoms with Crippen LogP contribution in [0.4, 0.5) is 0 Å². The van der Waals surface area contributed by atoms with Crippen molar-refractivity contribution >= 4 is 5.97 Å². The van der Waals surface area contributed by atoms with E-state index in [-0.39, 0.29) is 0 Å². The molecule has 2 atom stereocenters. The number of nitrogens with two attached hydrogens (primary N) is 1. The van der Waals surface area contributed by atoms with Gasteiger partial charge in [0.2, 0.25) is 0 Å². The van der Waals surface area contributed by atoms with Crippen molar-refractivity contribution in [3.8, 4) is 0 Å². The van der Waals surface area contributed by atoms with Gasteiger partial charge in [-0.15, -0.1) is 0 Å². The SMILES string of the molecule is CCC(O)C(C)(N)C(=O)O. The van der Waals surface area contributed by atoms with Gasteiger partial charge in [0, 0.05) is 0 Å². The number of aliphatic hydroxyl groups excluding tert-OH is 1. The number of carbonyl (C=O) groups is 1. The van der Waals surface area contributed by atoms with E-state index in [4.69, 9.17) is 15.9 Å². The predicted octanol–water partition coefficient (Wildman–Crippen LogP) is -0.441. The Balaban J connectivity index is 4.23. The van der Waals surface area contributed by atoms with E-state index in [1.54, 1.807) is 6.92 Å². The fourth-order valence-corrected chi connectivity index (χ4v) is 0.567. The number of hydrogen-bond acceptors (Lipinski definition) is 3. The minimum Gasteiger partial charge on any atom is -0.480 e. The molecule has 0 aromatic heterocycles. The third-order valence-corrected chi connectivity index (χ3v) is 1.54. The molecule has 4 N–H and O–H groups in total. The molecule has 0 saturated heterocycles.